The number of methoxy groups -OCH3 is 1. The van der Waals surface area contributed by atoms with Crippen LogP contribution in [0.5, 0.6) is 0 Å². The van der Waals surface area contributed by atoms with Gasteiger partial charge in [0.05, 0.1) is 13.7 Å². The summed E-state index contributed by atoms with van der Waals surface area (Å²) in [6.07, 6.45) is 7.95. The van der Waals surface area contributed by atoms with Gasteiger partial charge < -0.3 is 9.47 Å². The number of rotatable bonds is 5. The minimum absolute atomic E-state index is 0.417. The van der Waals surface area contributed by atoms with E-state index in [1.165, 1.54) is 50.3 Å². The second-order valence-corrected chi connectivity index (χ2v) is 5.49. The fourth-order valence-electron chi connectivity index (χ4n) is 2.93. The van der Waals surface area contributed by atoms with Gasteiger partial charge in [0.15, 0.2) is 0 Å². The van der Waals surface area contributed by atoms with E-state index >= 15 is 0 Å². The molecule has 0 N–H and O–H groups in total. The van der Waals surface area contributed by atoms with Crippen LogP contribution in [0.1, 0.15) is 55.6 Å². The molecule has 1 aromatic carbocycles. The third kappa shape index (κ3) is 4.55. The molecule has 1 fully saturated rings. The molecule has 0 aromatic heterocycles. The van der Waals surface area contributed by atoms with Gasteiger partial charge in [-0.2, -0.15) is 0 Å². The molecule has 1 aromatic rings. The Labute approximate surface area is 121 Å². The monoisotopic (exact) mass is 276 g/mol. The number of hydrogen-bond acceptors (Lipinski definition) is 3. The molecule has 20 heavy (non-hydrogen) atoms. The number of carbonyl (C=O) groups is 1. The minimum Gasteiger partial charge on any atom is -0.438 e. The molecular weight excluding hydrogens is 252 g/mol. The summed E-state index contributed by atoms with van der Waals surface area (Å²) in [6.45, 7) is 0.417. The Morgan fingerprint density at radius 2 is 2.05 bits per heavy atom. The summed E-state index contributed by atoms with van der Waals surface area (Å²) in [6, 6.07) is 8.89. The van der Waals surface area contributed by atoms with Crippen LogP contribution < -0.4 is 0 Å². The van der Waals surface area contributed by atoms with Crippen LogP contribution in [0.4, 0.5) is 4.79 Å². The van der Waals surface area contributed by atoms with Crippen LogP contribution in [0.15, 0.2) is 24.3 Å². The molecule has 0 spiro atoms. The molecule has 1 saturated carbocycles. The molecule has 0 heterocycles. The molecule has 2 rings (SSSR count). The first-order chi connectivity index (χ1) is 9.79. The molecule has 3 nitrogen and oxygen atoms in total. The molecule has 0 unspecified atom stereocenters. The van der Waals surface area contributed by atoms with Gasteiger partial charge >= 0.3 is 6.16 Å². The summed E-state index contributed by atoms with van der Waals surface area (Å²) >= 11 is 0. The third-order valence-corrected chi connectivity index (χ3v) is 4.02. The van der Waals surface area contributed by atoms with E-state index in [2.05, 4.69) is 29.0 Å². The van der Waals surface area contributed by atoms with E-state index in [4.69, 9.17) is 4.74 Å². The van der Waals surface area contributed by atoms with Gasteiger partial charge in [-0.1, -0.05) is 43.5 Å². The Bertz CT molecular complexity index is 422. The van der Waals surface area contributed by atoms with Crippen molar-refractivity contribution in [1.82, 2.24) is 0 Å². The van der Waals surface area contributed by atoms with E-state index in [0.717, 1.165) is 18.8 Å². The highest BCUT2D eigenvalue weighted by atomic mass is 16.7. The van der Waals surface area contributed by atoms with Crippen molar-refractivity contribution in [2.75, 3.05) is 13.7 Å². The van der Waals surface area contributed by atoms with Crippen LogP contribution in [0, 0.1) is 0 Å². The maximum absolute atomic E-state index is 10.8. The Morgan fingerprint density at radius 3 is 2.80 bits per heavy atom. The lowest BCUT2D eigenvalue weighted by Crippen LogP contribution is -2.07. The molecule has 0 amide bonds. The van der Waals surface area contributed by atoms with Crippen LogP contribution >= 0.6 is 0 Å². The topological polar surface area (TPSA) is 35.5 Å². The lowest BCUT2D eigenvalue weighted by atomic mass is 9.83. The van der Waals surface area contributed by atoms with Gasteiger partial charge in [0, 0.05) is 0 Å². The molecule has 0 radical (unpaired) electrons. The first-order valence-corrected chi connectivity index (χ1v) is 7.59. The molecule has 0 bridgehead atoms. The van der Waals surface area contributed by atoms with Crippen molar-refractivity contribution in [3.63, 3.8) is 0 Å². The number of carbonyl (C=O) groups excluding carboxylic acids is 1. The van der Waals surface area contributed by atoms with Gasteiger partial charge in [0.25, 0.3) is 0 Å². The molecule has 0 aliphatic heterocycles. The normalized spacial score (nSPS) is 15.8. The van der Waals surface area contributed by atoms with E-state index in [-0.39, 0.29) is 0 Å². The van der Waals surface area contributed by atoms with Crippen molar-refractivity contribution in [2.24, 2.45) is 0 Å². The Morgan fingerprint density at radius 1 is 1.25 bits per heavy atom. The van der Waals surface area contributed by atoms with Crippen molar-refractivity contribution in [2.45, 2.75) is 50.9 Å². The quantitative estimate of drug-likeness (QED) is 0.588. The van der Waals surface area contributed by atoms with Crippen LogP contribution in [0.3, 0.4) is 0 Å². The molecule has 110 valence electrons. The maximum Gasteiger partial charge on any atom is 0.507 e. The Kier molecular flexibility index (Phi) is 5.90. The second-order valence-electron chi connectivity index (χ2n) is 5.49. The summed E-state index contributed by atoms with van der Waals surface area (Å²) in [5.74, 6) is 0.745. The van der Waals surface area contributed by atoms with Gasteiger partial charge in [-0.25, -0.2) is 4.79 Å². The average Bonchev–Trinajstić information content (AvgIpc) is 2.52. The lowest BCUT2D eigenvalue weighted by Gasteiger charge is -2.22. The van der Waals surface area contributed by atoms with Crippen LogP contribution in [0.2, 0.25) is 0 Å². The molecule has 3 heteroatoms. The van der Waals surface area contributed by atoms with Crippen LogP contribution in [-0.2, 0) is 15.9 Å². The zero-order valence-corrected chi connectivity index (χ0v) is 12.3. The van der Waals surface area contributed by atoms with Crippen LogP contribution in [0.25, 0.3) is 0 Å². The first kappa shape index (κ1) is 14.9. The van der Waals surface area contributed by atoms with Crippen molar-refractivity contribution >= 4 is 6.16 Å². The summed E-state index contributed by atoms with van der Waals surface area (Å²) in [5.41, 5.74) is 2.82. The summed E-state index contributed by atoms with van der Waals surface area (Å²) in [7, 11) is 1.33. The fraction of sp³-hybridized carbons (Fsp3) is 0.588. The molecular formula is C17H24O3. The van der Waals surface area contributed by atoms with Gasteiger partial charge in [0.1, 0.15) is 0 Å². The van der Waals surface area contributed by atoms with Gasteiger partial charge in [-0.05, 0) is 42.7 Å². The van der Waals surface area contributed by atoms with E-state index in [1.54, 1.807) is 0 Å². The number of ether oxygens (including phenoxy) is 2. The highest BCUT2D eigenvalue weighted by Gasteiger charge is 2.15. The van der Waals surface area contributed by atoms with Crippen molar-refractivity contribution < 1.29 is 14.3 Å². The van der Waals surface area contributed by atoms with E-state index in [0.29, 0.717) is 6.61 Å². The molecule has 1 aliphatic carbocycles. The van der Waals surface area contributed by atoms with Gasteiger partial charge in [0.2, 0.25) is 0 Å². The highest BCUT2D eigenvalue weighted by molar-refractivity contribution is 5.59. The highest BCUT2D eigenvalue weighted by Crippen LogP contribution is 2.32. The minimum atomic E-state index is -0.596. The fourth-order valence-corrected chi connectivity index (χ4v) is 2.93. The summed E-state index contributed by atoms with van der Waals surface area (Å²) in [5, 5.41) is 0. The number of hydrogen-bond donors (Lipinski definition) is 0. The van der Waals surface area contributed by atoms with Gasteiger partial charge in [-0.3, -0.25) is 0 Å². The Balaban J connectivity index is 1.81. The maximum atomic E-state index is 10.8. The van der Waals surface area contributed by atoms with E-state index in [1.807, 2.05) is 0 Å². The second kappa shape index (κ2) is 7.93. The SMILES string of the molecule is COC(=O)OCCCc1cccc(C2CCCCC2)c1. The zero-order valence-electron chi connectivity index (χ0n) is 12.3. The number of benzene rings is 1. The third-order valence-electron chi connectivity index (χ3n) is 4.02. The van der Waals surface area contributed by atoms with E-state index < -0.39 is 6.16 Å². The zero-order chi connectivity index (χ0) is 14.2. The number of aryl methyl sites for hydroxylation is 1. The molecule has 1 aliphatic rings. The van der Waals surface area contributed by atoms with E-state index in [9.17, 15) is 4.79 Å². The van der Waals surface area contributed by atoms with Crippen molar-refractivity contribution in [3.05, 3.63) is 35.4 Å². The van der Waals surface area contributed by atoms with Crippen LogP contribution in [-0.4, -0.2) is 19.9 Å². The first-order valence-electron chi connectivity index (χ1n) is 7.59. The Hall–Kier alpha value is -1.51. The van der Waals surface area contributed by atoms with Gasteiger partial charge in [-0.15, -0.1) is 0 Å². The summed E-state index contributed by atoms with van der Waals surface area (Å²) in [4.78, 5) is 10.8. The largest absolute Gasteiger partial charge is 0.507 e. The predicted molar refractivity (Wildman–Crippen MR) is 78.9 cm³/mol. The van der Waals surface area contributed by atoms with Crippen molar-refractivity contribution in [1.29, 1.82) is 0 Å². The average molecular weight is 276 g/mol. The lowest BCUT2D eigenvalue weighted by molar-refractivity contribution is 0.0719. The molecule has 0 saturated heterocycles. The molecule has 0 atom stereocenters. The smallest absolute Gasteiger partial charge is 0.438 e. The van der Waals surface area contributed by atoms with Crippen molar-refractivity contribution in [3.8, 4) is 0 Å². The summed E-state index contributed by atoms with van der Waals surface area (Å²) < 4.78 is 9.34. The predicted octanol–water partition coefficient (Wildman–Crippen LogP) is 4.45. The standard InChI is InChI=1S/C17H24O3/c1-19-17(18)20-12-6-8-14-7-5-11-16(13-14)15-9-3-2-4-10-15/h5,7,11,13,15H,2-4,6,8-10,12H2,1H3.